The van der Waals surface area contributed by atoms with Gasteiger partial charge in [-0.25, -0.2) is 0 Å². The fraction of sp³-hybridized carbons (Fsp3) is 0.773. The number of fused-ring (bicyclic) bond motifs is 2. The van der Waals surface area contributed by atoms with E-state index in [1.54, 1.807) is 6.07 Å². The minimum atomic E-state index is -0.148. The monoisotopic (exact) mass is 400 g/mol. The molecular weight excluding hydrogens is 368 g/mol. The van der Waals surface area contributed by atoms with Crippen molar-refractivity contribution in [1.82, 2.24) is 15.4 Å². The SMILES string of the molecule is N[C@H]1CC[C@H](C(=O)N2C3CCCC2CC(NC(=O)c2cc(C4CC4)on2)C3)CC1. The molecule has 158 valence electrons. The first kappa shape index (κ1) is 19.1. The maximum atomic E-state index is 13.3. The van der Waals surface area contributed by atoms with Crippen molar-refractivity contribution >= 4 is 11.8 Å². The van der Waals surface area contributed by atoms with Gasteiger partial charge in [-0.05, 0) is 70.6 Å². The molecule has 2 aliphatic heterocycles. The van der Waals surface area contributed by atoms with Crippen molar-refractivity contribution in [3.63, 3.8) is 0 Å². The maximum absolute atomic E-state index is 13.3. The van der Waals surface area contributed by atoms with Gasteiger partial charge in [0, 0.05) is 42.1 Å². The number of aromatic nitrogens is 1. The quantitative estimate of drug-likeness (QED) is 0.809. The first-order valence-electron chi connectivity index (χ1n) is 11.4. The number of carbonyl (C=O) groups is 2. The molecule has 2 atom stereocenters. The number of amides is 2. The van der Waals surface area contributed by atoms with Crippen LogP contribution in [-0.2, 0) is 4.79 Å². The highest BCUT2D eigenvalue weighted by atomic mass is 16.5. The summed E-state index contributed by atoms with van der Waals surface area (Å²) in [7, 11) is 0. The van der Waals surface area contributed by atoms with Crippen LogP contribution in [0.4, 0.5) is 0 Å². The van der Waals surface area contributed by atoms with Crippen molar-refractivity contribution < 1.29 is 14.1 Å². The molecule has 1 aromatic rings. The molecule has 4 aliphatic rings. The molecule has 2 unspecified atom stereocenters. The predicted octanol–water partition coefficient (Wildman–Crippen LogP) is 2.71. The summed E-state index contributed by atoms with van der Waals surface area (Å²) in [6.07, 6.45) is 10.9. The molecule has 2 saturated heterocycles. The van der Waals surface area contributed by atoms with Gasteiger partial charge >= 0.3 is 0 Å². The van der Waals surface area contributed by atoms with E-state index >= 15 is 0 Å². The number of nitrogens with two attached hydrogens (primary N) is 1. The Labute approximate surface area is 171 Å². The van der Waals surface area contributed by atoms with E-state index in [0.717, 1.165) is 70.0 Å². The second-order valence-corrected chi connectivity index (χ2v) is 9.63. The molecule has 0 aromatic carbocycles. The first-order chi connectivity index (χ1) is 14.1. The fourth-order valence-corrected chi connectivity index (χ4v) is 5.65. The average Bonchev–Trinajstić information content (AvgIpc) is 3.44. The van der Waals surface area contributed by atoms with E-state index in [9.17, 15) is 9.59 Å². The summed E-state index contributed by atoms with van der Waals surface area (Å²) in [5.41, 5.74) is 6.41. The molecule has 0 radical (unpaired) electrons. The molecule has 4 fully saturated rings. The summed E-state index contributed by atoms with van der Waals surface area (Å²) in [5, 5.41) is 7.13. The van der Waals surface area contributed by atoms with E-state index in [1.807, 2.05) is 0 Å². The van der Waals surface area contributed by atoms with Crippen molar-refractivity contribution in [2.75, 3.05) is 0 Å². The van der Waals surface area contributed by atoms with E-state index in [1.165, 1.54) is 6.42 Å². The summed E-state index contributed by atoms with van der Waals surface area (Å²) in [6, 6.07) is 2.64. The van der Waals surface area contributed by atoms with Crippen LogP contribution in [0.3, 0.4) is 0 Å². The van der Waals surface area contributed by atoms with E-state index in [2.05, 4.69) is 15.4 Å². The lowest BCUT2D eigenvalue weighted by Crippen LogP contribution is -2.60. The molecule has 7 nitrogen and oxygen atoms in total. The van der Waals surface area contributed by atoms with Gasteiger partial charge in [-0.15, -0.1) is 0 Å². The molecule has 1 aromatic heterocycles. The second kappa shape index (κ2) is 7.74. The Balaban J connectivity index is 1.21. The van der Waals surface area contributed by atoms with E-state index in [0.29, 0.717) is 17.5 Å². The summed E-state index contributed by atoms with van der Waals surface area (Å²) in [5.74, 6) is 1.61. The summed E-state index contributed by atoms with van der Waals surface area (Å²) >= 11 is 0. The van der Waals surface area contributed by atoms with Crippen molar-refractivity contribution in [2.45, 2.75) is 101 Å². The van der Waals surface area contributed by atoms with Crippen LogP contribution in [0.1, 0.15) is 92.8 Å². The number of nitrogens with zero attached hydrogens (tertiary/aromatic N) is 2. The van der Waals surface area contributed by atoms with Crippen LogP contribution in [0.2, 0.25) is 0 Å². The highest BCUT2D eigenvalue weighted by Gasteiger charge is 2.43. The molecule has 3 heterocycles. The number of carbonyl (C=O) groups excluding carboxylic acids is 2. The highest BCUT2D eigenvalue weighted by Crippen LogP contribution is 2.40. The van der Waals surface area contributed by atoms with Gasteiger partial charge in [-0.1, -0.05) is 5.16 Å². The summed E-state index contributed by atoms with van der Waals surface area (Å²) in [6.45, 7) is 0. The van der Waals surface area contributed by atoms with E-state index in [-0.39, 0.29) is 36.0 Å². The molecule has 2 bridgehead atoms. The van der Waals surface area contributed by atoms with E-state index < -0.39 is 0 Å². The van der Waals surface area contributed by atoms with Crippen molar-refractivity contribution in [2.24, 2.45) is 11.7 Å². The van der Waals surface area contributed by atoms with Gasteiger partial charge in [0.25, 0.3) is 5.91 Å². The Bertz CT molecular complexity index is 752. The lowest BCUT2D eigenvalue weighted by atomic mass is 9.79. The lowest BCUT2D eigenvalue weighted by Gasteiger charge is -2.50. The zero-order valence-electron chi connectivity index (χ0n) is 17.0. The summed E-state index contributed by atoms with van der Waals surface area (Å²) in [4.78, 5) is 28.1. The number of rotatable bonds is 4. The van der Waals surface area contributed by atoms with Gasteiger partial charge in [0.2, 0.25) is 5.91 Å². The Morgan fingerprint density at radius 3 is 2.38 bits per heavy atom. The topological polar surface area (TPSA) is 101 Å². The number of nitrogens with one attached hydrogen (secondary N) is 1. The molecule has 2 amide bonds. The average molecular weight is 401 g/mol. The van der Waals surface area contributed by atoms with Gasteiger partial charge in [-0.2, -0.15) is 0 Å². The van der Waals surface area contributed by atoms with Crippen LogP contribution in [0.25, 0.3) is 0 Å². The largest absolute Gasteiger partial charge is 0.360 e. The molecule has 2 aliphatic carbocycles. The van der Waals surface area contributed by atoms with Crippen LogP contribution in [0.15, 0.2) is 10.6 Å². The zero-order chi connectivity index (χ0) is 20.0. The van der Waals surface area contributed by atoms with Crippen molar-refractivity contribution in [1.29, 1.82) is 0 Å². The summed E-state index contributed by atoms with van der Waals surface area (Å²) < 4.78 is 5.32. The lowest BCUT2D eigenvalue weighted by molar-refractivity contribution is -0.147. The predicted molar refractivity (Wildman–Crippen MR) is 107 cm³/mol. The van der Waals surface area contributed by atoms with Crippen LogP contribution in [0.5, 0.6) is 0 Å². The van der Waals surface area contributed by atoms with Gasteiger partial charge in [0.15, 0.2) is 5.69 Å². The smallest absolute Gasteiger partial charge is 0.273 e. The number of piperidine rings is 2. The third kappa shape index (κ3) is 3.93. The molecule has 0 spiro atoms. The molecule has 7 heteroatoms. The number of hydrogen-bond acceptors (Lipinski definition) is 5. The van der Waals surface area contributed by atoms with Gasteiger partial charge in [-0.3, -0.25) is 9.59 Å². The van der Waals surface area contributed by atoms with Crippen LogP contribution in [-0.4, -0.2) is 46.0 Å². The normalized spacial score (nSPS) is 34.7. The Kier molecular flexibility index (Phi) is 5.10. The minimum Gasteiger partial charge on any atom is -0.360 e. The molecule has 5 rings (SSSR count). The minimum absolute atomic E-state index is 0.0997. The van der Waals surface area contributed by atoms with Gasteiger partial charge < -0.3 is 20.5 Å². The zero-order valence-corrected chi connectivity index (χ0v) is 17.0. The van der Waals surface area contributed by atoms with Gasteiger partial charge in [0.1, 0.15) is 5.76 Å². The Morgan fingerprint density at radius 1 is 1.03 bits per heavy atom. The molecular formula is C22H32N4O3. The number of hydrogen-bond donors (Lipinski definition) is 2. The van der Waals surface area contributed by atoms with Crippen LogP contribution < -0.4 is 11.1 Å². The fourth-order valence-electron chi connectivity index (χ4n) is 5.65. The first-order valence-corrected chi connectivity index (χ1v) is 11.4. The standard InChI is InChI=1S/C22H32N4O3/c23-15-8-6-14(7-9-15)22(28)26-17-2-1-3-18(26)11-16(10-17)24-21(27)19-12-20(29-25-19)13-4-5-13/h12-18H,1-11,23H2,(H,24,27)/t14-,15-,16?,17?,18?. The van der Waals surface area contributed by atoms with Crippen LogP contribution >= 0.6 is 0 Å². The molecule has 3 N–H and O–H groups in total. The van der Waals surface area contributed by atoms with E-state index in [4.69, 9.17) is 10.3 Å². The highest BCUT2D eigenvalue weighted by molar-refractivity contribution is 5.92. The maximum Gasteiger partial charge on any atom is 0.273 e. The Morgan fingerprint density at radius 2 is 1.72 bits per heavy atom. The van der Waals surface area contributed by atoms with Gasteiger partial charge in [0.05, 0.1) is 0 Å². The molecule has 2 saturated carbocycles. The Hall–Kier alpha value is -1.89. The van der Waals surface area contributed by atoms with Crippen LogP contribution in [0, 0.1) is 5.92 Å². The second-order valence-electron chi connectivity index (χ2n) is 9.63. The van der Waals surface area contributed by atoms with Crippen molar-refractivity contribution in [3.05, 3.63) is 17.5 Å². The third-order valence-corrected chi connectivity index (χ3v) is 7.43. The third-order valence-electron chi connectivity index (χ3n) is 7.43. The molecule has 29 heavy (non-hydrogen) atoms. The van der Waals surface area contributed by atoms with Crippen molar-refractivity contribution in [3.8, 4) is 0 Å².